The lowest BCUT2D eigenvalue weighted by Crippen LogP contribution is -2.44. The number of ether oxygens (including phenoxy) is 1. The average Bonchev–Trinajstić information content (AvgIpc) is 2.91. The molecule has 1 fully saturated rings. The van der Waals surface area contributed by atoms with Crippen LogP contribution in [0.4, 0.5) is 0 Å². The number of aliphatic hydroxyl groups is 1. The monoisotopic (exact) mass is 601 g/mol. The molecular weight excluding hydrogens is 558 g/mol. The number of nitrogens with zero attached hydrogens (tertiary/aromatic N) is 2. The third-order valence-corrected chi connectivity index (χ3v) is 7.19. The summed E-state index contributed by atoms with van der Waals surface area (Å²) in [6, 6.07) is 12.2. The number of amides is 1. The van der Waals surface area contributed by atoms with Gasteiger partial charge in [-0.3, -0.25) is 24.3 Å². The molecule has 1 atom stereocenters. The molecule has 1 aromatic carbocycles. The van der Waals surface area contributed by atoms with Gasteiger partial charge >= 0.3 is 17.9 Å². The van der Waals surface area contributed by atoms with Crippen molar-refractivity contribution >= 4 is 23.8 Å². The lowest BCUT2D eigenvalue weighted by molar-refractivity contribution is -0.170. The Labute approximate surface area is 251 Å². The number of aliphatic carboxylic acids is 3. The van der Waals surface area contributed by atoms with E-state index >= 15 is 0 Å². The number of aryl methyl sites for hydroxylation is 1. The van der Waals surface area contributed by atoms with Crippen LogP contribution in [0.2, 0.25) is 0 Å². The van der Waals surface area contributed by atoms with Gasteiger partial charge in [0.05, 0.1) is 31.7 Å². The third kappa shape index (κ3) is 11.0. The lowest BCUT2D eigenvalue weighted by atomic mass is 9.85. The summed E-state index contributed by atoms with van der Waals surface area (Å²) in [5.74, 6) is -3.62. The first-order valence-corrected chi connectivity index (χ1v) is 14.0. The molecule has 0 spiro atoms. The van der Waals surface area contributed by atoms with E-state index in [1.165, 1.54) is 11.1 Å². The Kier molecular flexibility index (Phi) is 12.6. The standard InChI is InChI=1S/C25H35N3O2.C6H8O7/c1-18-9-10-22(30-5)20(16-18)17-28-14-11-19(12-15-28)23(21-8-6-7-13-26-21)27-24(29)25(2,3)4;7-3(8)1-6(13,5(11)12)2-4(9)10/h6-10,13,16,19,23H,11-12,14-15,17H2,1-5H3,(H,27,29);13H,1-2H2,(H,7,8)(H,9,10)(H,11,12). The Morgan fingerprint density at radius 3 is 2.09 bits per heavy atom. The Morgan fingerprint density at radius 2 is 1.63 bits per heavy atom. The van der Waals surface area contributed by atoms with Crippen LogP contribution in [0.3, 0.4) is 0 Å². The van der Waals surface area contributed by atoms with Crippen LogP contribution < -0.4 is 10.1 Å². The maximum absolute atomic E-state index is 12.7. The Morgan fingerprint density at radius 1 is 1.02 bits per heavy atom. The van der Waals surface area contributed by atoms with Crippen molar-refractivity contribution in [3.05, 3.63) is 59.4 Å². The molecule has 43 heavy (non-hydrogen) atoms. The van der Waals surface area contributed by atoms with Gasteiger partial charge in [-0.25, -0.2) is 4.79 Å². The van der Waals surface area contributed by atoms with Crippen LogP contribution >= 0.6 is 0 Å². The number of hydrogen-bond donors (Lipinski definition) is 5. The highest BCUT2D eigenvalue weighted by molar-refractivity contribution is 5.88. The molecule has 2 heterocycles. The van der Waals surface area contributed by atoms with Crippen molar-refractivity contribution in [2.24, 2.45) is 11.3 Å². The van der Waals surface area contributed by atoms with Gasteiger partial charge < -0.3 is 30.5 Å². The summed E-state index contributed by atoms with van der Waals surface area (Å²) in [6.07, 6.45) is 1.58. The summed E-state index contributed by atoms with van der Waals surface area (Å²) in [6.45, 7) is 10.9. The molecule has 1 amide bonds. The zero-order valence-corrected chi connectivity index (χ0v) is 25.4. The van der Waals surface area contributed by atoms with Gasteiger partial charge in [0.15, 0.2) is 5.60 Å². The zero-order valence-electron chi connectivity index (χ0n) is 25.4. The molecule has 5 N–H and O–H groups in total. The fourth-order valence-corrected chi connectivity index (χ4v) is 4.78. The van der Waals surface area contributed by atoms with E-state index in [1.54, 1.807) is 7.11 Å². The molecule has 3 rings (SSSR count). The van der Waals surface area contributed by atoms with Gasteiger partial charge in [-0.1, -0.05) is 44.5 Å². The van der Waals surface area contributed by atoms with Crippen LogP contribution in [-0.4, -0.2) is 79.9 Å². The summed E-state index contributed by atoms with van der Waals surface area (Å²) in [5.41, 5.74) is 0.278. The van der Waals surface area contributed by atoms with E-state index in [1.807, 2.05) is 45.2 Å². The molecule has 12 nitrogen and oxygen atoms in total. The van der Waals surface area contributed by atoms with Crippen LogP contribution in [-0.2, 0) is 25.7 Å². The summed E-state index contributed by atoms with van der Waals surface area (Å²) in [5, 5.41) is 37.1. The first kappa shape index (κ1) is 35.2. The molecule has 12 heteroatoms. The Balaban J connectivity index is 0.000000420. The number of pyridine rings is 1. The van der Waals surface area contributed by atoms with Gasteiger partial charge in [0.2, 0.25) is 5.91 Å². The van der Waals surface area contributed by atoms with Gasteiger partial charge in [-0.15, -0.1) is 0 Å². The van der Waals surface area contributed by atoms with Crippen LogP contribution in [0.25, 0.3) is 0 Å². The van der Waals surface area contributed by atoms with E-state index in [0.29, 0.717) is 5.92 Å². The number of benzene rings is 1. The molecule has 1 unspecified atom stereocenters. The van der Waals surface area contributed by atoms with Gasteiger partial charge in [0.25, 0.3) is 0 Å². The van der Waals surface area contributed by atoms with E-state index in [0.717, 1.165) is 43.9 Å². The highest BCUT2D eigenvalue weighted by Crippen LogP contribution is 2.32. The molecule has 0 radical (unpaired) electrons. The fraction of sp³-hybridized carbons (Fsp3) is 0.516. The van der Waals surface area contributed by atoms with E-state index in [4.69, 9.17) is 25.2 Å². The quantitative estimate of drug-likeness (QED) is 0.254. The second kappa shape index (κ2) is 15.4. The second-order valence-electron chi connectivity index (χ2n) is 11.9. The van der Waals surface area contributed by atoms with Crippen molar-refractivity contribution in [1.82, 2.24) is 15.2 Å². The molecule has 1 aliphatic rings. The molecule has 1 saturated heterocycles. The Hall–Kier alpha value is -4.03. The highest BCUT2D eigenvalue weighted by Gasteiger charge is 2.40. The van der Waals surface area contributed by atoms with E-state index < -0.39 is 41.8 Å². The number of carboxylic acid groups (broad SMARTS) is 3. The summed E-state index contributed by atoms with van der Waals surface area (Å²) in [4.78, 5) is 50.3. The number of carbonyl (C=O) groups is 4. The zero-order chi connectivity index (χ0) is 32.4. The maximum atomic E-state index is 12.7. The van der Waals surface area contributed by atoms with Crippen molar-refractivity contribution in [2.75, 3.05) is 20.2 Å². The predicted molar refractivity (Wildman–Crippen MR) is 157 cm³/mol. The number of carbonyl (C=O) groups excluding carboxylic acids is 1. The molecule has 2 aromatic rings. The normalized spacial score (nSPS) is 15.0. The largest absolute Gasteiger partial charge is 0.496 e. The first-order valence-electron chi connectivity index (χ1n) is 14.0. The number of rotatable bonds is 11. The van der Waals surface area contributed by atoms with E-state index in [9.17, 15) is 19.2 Å². The number of aromatic nitrogens is 1. The van der Waals surface area contributed by atoms with Crippen molar-refractivity contribution in [3.8, 4) is 5.75 Å². The number of nitrogens with one attached hydrogen (secondary N) is 1. The number of carboxylic acids is 3. The van der Waals surface area contributed by atoms with Crippen LogP contribution in [0, 0.1) is 18.3 Å². The summed E-state index contributed by atoms with van der Waals surface area (Å²) < 4.78 is 5.55. The van der Waals surface area contributed by atoms with E-state index in [2.05, 4.69) is 40.3 Å². The topological polar surface area (TPSA) is 187 Å². The van der Waals surface area contributed by atoms with Crippen molar-refractivity contribution in [3.63, 3.8) is 0 Å². The average molecular weight is 602 g/mol. The van der Waals surface area contributed by atoms with E-state index in [-0.39, 0.29) is 11.9 Å². The third-order valence-electron chi connectivity index (χ3n) is 7.19. The second-order valence-corrected chi connectivity index (χ2v) is 11.9. The highest BCUT2D eigenvalue weighted by atomic mass is 16.5. The SMILES string of the molecule is COc1ccc(C)cc1CN1CCC(C(NC(=O)C(C)(C)C)c2ccccn2)CC1.O=C(O)CC(O)(CC(=O)O)C(=O)O. The van der Waals surface area contributed by atoms with Crippen LogP contribution in [0.15, 0.2) is 42.6 Å². The number of likely N-dealkylation sites (tertiary alicyclic amines) is 1. The number of hydrogen-bond acceptors (Lipinski definition) is 8. The molecule has 0 aliphatic carbocycles. The Bertz CT molecular complexity index is 1240. The first-order chi connectivity index (χ1) is 20.1. The molecular formula is C31H43N3O9. The predicted octanol–water partition coefficient (Wildman–Crippen LogP) is 3.27. The number of piperidine rings is 1. The van der Waals surface area contributed by atoms with Crippen LogP contribution in [0.5, 0.6) is 5.75 Å². The van der Waals surface area contributed by atoms with Crippen molar-refractivity contribution < 1.29 is 44.3 Å². The molecule has 1 aliphatic heterocycles. The number of methoxy groups -OCH3 is 1. The van der Waals surface area contributed by atoms with Crippen molar-refractivity contribution in [1.29, 1.82) is 0 Å². The minimum absolute atomic E-state index is 0.0476. The van der Waals surface area contributed by atoms with Gasteiger partial charge in [0, 0.05) is 23.7 Å². The van der Waals surface area contributed by atoms with Gasteiger partial charge in [-0.2, -0.15) is 0 Å². The van der Waals surface area contributed by atoms with Crippen LogP contribution in [0.1, 0.15) is 69.3 Å². The summed E-state index contributed by atoms with van der Waals surface area (Å²) in [7, 11) is 1.73. The maximum Gasteiger partial charge on any atom is 0.336 e. The fourth-order valence-electron chi connectivity index (χ4n) is 4.78. The summed E-state index contributed by atoms with van der Waals surface area (Å²) >= 11 is 0. The minimum Gasteiger partial charge on any atom is -0.496 e. The minimum atomic E-state index is -2.74. The van der Waals surface area contributed by atoms with Gasteiger partial charge in [-0.05, 0) is 57.0 Å². The van der Waals surface area contributed by atoms with Gasteiger partial charge in [0.1, 0.15) is 5.75 Å². The lowest BCUT2D eigenvalue weighted by Gasteiger charge is -2.37. The molecule has 1 aromatic heterocycles. The smallest absolute Gasteiger partial charge is 0.336 e. The van der Waals surface area contributed by atoms with Crippen molar-refractivity contribution in [2.45, 2.75) is 71.6 Å². The molecule has 0 bridgehead atoms. The molecule has 0 saturated carbocycles. The molecule has 236 valence electrons.